The molecule has 0 fully saturated rings. The monoisotopic (exact) mass is 587 g/mol. The molecule has 1 atom stereocenters. The van der Waals surface area contributed by atoms with Gasteiger partial charge in [-0.15, -0.1) is 0 Å². The van der Waals surface area contributed by atoms with Gasteiger partial charge in [-0.3, -0.25) is 4.79 Å². The summed E-state index contributed by atoms with van der Waals surface area (Å²) < 4.78 is 0. The Morgan fingerprint density at radius 1 is 1.26 bits per heavy atom. The predicted octanol–water partition coefficient (Wildman–Crippen LogP) is 4.46. The number of hydrogen-bond donors (Lipinski definition) is 2. The Bertz CT molecular complexity index is 390. The zero-order chi connectivity index (χ0) is 18.0. The largest absolute Gasteiger partial charge is 0.520 e. The summed E-state index contributed by atoms with van der Waals surface area (Å²) in [5.41, 5.74) is 0.748. The second-order valence-corrected chi connectivity index (χ2v) is 4.11. The first-order valence-corrected chi connectivity index (χ1v) is 8.02. The molecule has 0 saturated heterocycles. The summed E-state index contributed by atoms with van der Waals surface area (Å²) in [6, 6.07) is 5.85. The molecule has 1 aromatic rings. The zero-order valence-corrected chi connectivity index (χ0v) is 17.9. The van der Waals surface area contributed by atoms with E-state index in [1.54, 1.807) is 24.3 Å². The quantitative estimate of drug-likeness (QED) is 0.395. The van der Waals surface area contributed by atoms with Gasteiger partial charge in [-0.05, 0) is 17.7 Å². The van der Waals surface area contributed by atoms with Crippen LogP contribution in [0.3, 0.4) is 0 Å². The van der Waals surface area contributed by atoms with Crippen molar-refractivity contribution in [2.45, 2.75) is 60.4 Å². The summed E-state index contributed by atoms with van der Waals surface area (Å²) in [6.45, 7) is 12.2. The molecule has 1 amide bonds. The molecule has 0 aliphatic carbocycles. The van der Waals surface area contributed by atoms with Crippen LogP contribution in [-0.4, -0.2) is 23.5 Å². The number of hydrogen-bond acceptors (Lipinski definition) is 2. The van der Waals surface area contributed by atoms with E-state index in [4.69, 9.17) is 16.7 Å². The Morgan fingerprint density at radius 3 is 2.09 bits per heavy atom. The Hall–Kier alpha value is -2.55. The van der Waals surface area contributed by atoms with Crippen LogP contribution in [0.15, 0.2) is 24.3 Å². The molecule has 0 aliphatic rings. The van der Waals surface area contributed by atoms with Gasteiger partial charge in [0.25, 0.3) is 0 Å². The molecule has 1 rings (SSSR count). The number of amides is 1. The summed E-state index contributed by atoms with van der Waals surface area (Å²) in [5.74, 6) is -1.10. The number of carboxylic acid groups (broad SMARTS) is 1. The van der Waals surface area contributed by atoms with Crippen LogP contribution in [0, 0.1) is 0 Å². The fraction of sp³-hybridized carbons (Fsp3) is 0.529. The van der Waals surface area contributed by atoms with Crippen molar-refractivity contribution in [3.8, 4) is 0 Å². The summed E-state index contributed by atoms with van der Waals surface area (Å²) in [4.78, 5) is 20.8. The maximum Gasteiger partial charge on any atom is 0.323 e. The number of aliphatic carboxylic acids is 1. The van der Waals surface area contributed by atoms with Crippen LogP contribution >= 0.6 is 11.6 Å². The third-order valence-electron chi connectivity index (χ3n) is 1.86. The molecule has 6 heteroatoms. The van der Waals surface area contributed by atoms with Crippen LogP contribution in [0.5, 0.6) is 0 Å². The summed E-state index contributed by atoms with van der Waals surface area (Å²) in [6.07, 6.45) is 2.81. The van der Waals surface area contributed by atoms with E-state index in [9.17, 15) is 9.59 Å². The Morgan fingerprint density at radius 2 is 1.74 bits per heavy atom. The van der Waals surface area contributed by atoms with Gasteiger partial charge < -0.3 is 15.2 Å². The van der Waals surface area contributed by atoms with E-state index in [2.05, 4.69) is 19.2 Å². The zero-order valence-electron chi connectivity index (χ0n) is 14.7. The third-order valence-corrected chi connectivity index (χ3v) is 2.10. The van der Waals surface area contributed by atoms with E-state index >= 15 is 0 Å². The van der Waals surface area contributed by atoms with Gasteiger partial charge in [0.1, 0.15) is 6.04 Å². The molecule has 0 saturated carbocycles. The summed E-state index contributed by atoms with van der Waals surface area (Å²) >= 11 is 5.74. The van der Waals surface area contributed by atoms with Crippen molar-refractivity contribution < 1.29 is 14.7 Å². The minimum Gasteiger partial charge on any atom is -0.520 e. The number of halogens is 1. The van der Waals surface area contributed by atoms with Crippen molar-refractivity contribution in [2.75, 3.05) is 0 Å². The number of benzene rings is 1. The van der Waals surface area contributed by atoms with Crippen molar-refractivity contribution in [1.29, 1.82) is 0 Å². The van der Waals surface area contributed by atoms with Gasteiger partial charge in [-0.2, -0.15) is 6.41 Å². The Labute approximate surface area is 139 Å². The van der Waals surface area contributed by atoms with Crippen molar-refractivity contribution in [3.05, 3.63) is 34.9 Å². The SMILES string of the molecule is CC.CC.CCC.O=[C-]NC(Cc1cccc(Cl)c1)C(=O)O.[Fm]. The number of carboxylic acids is 1. The van der Waals surface area contributed by atoms with Crippen LogP contribution in [-0.2, 0) is 16.0 Å². The van der Waals surface area contributed by atoms with Crippen molar-refractivity contribution in [3.63, 3.8) is 0 Å². The Kier molecular flexibility index (Phi) is 27.0. The van der Waals surface area contributed by atoms with Crippen LogP contribution in [0.1, 0.15) is 53.5 Å². The average Bonchev–Trinajstić information content (AvgIpc) is 2.52. The molecule has 1 unspecified atom stereocenters. The minimum absolute atomic E-state index is 0. The average molecular weight is 588 g/mol. The van der Waals surface area contributed by atoms with E-state index in [0.717, 1.165) is 5.56 Å². The summed E-state index contributed by atoms with van der Waals surface area (Å²) in [7, 11) is 0. The fourth-order valence-electron chi connectivity index (χ4n) is 1.17. The van der Waals surface area contributed by atoms with Crippen molar-refractivity contribution in [2.24, 2.45) is 0 Å². The topological polar surface area (TPSA) is 66.4 Å². The molecule has 0 aromatic heterocycles. The van der Waals surface area contributed by atoms with Gasteiger partial charge in [0.05, 0.1) is 0 Å². The number of nitrogens with one attached hydrogen (secondary N) is 1. The van der Waals surface area contributed by atoms with Gasteiger partial charge in [0, 0.05) is 11.4 Å². The molecule has 0 heterocycles. The minimum atomic E-state index is -1.10. The number of carbonyl (C=O) groups is 1. The van der Waals surface area contributed by atoms with Crippen LogP contribution < -0.4 is 5.32 Å². The molecule has 0 spiro atoms. The van der Waals surface area contributed by atoms with Gasteiger partial charge in [-0.1, -0.05) is 71.7 Å². The van der Waals surface area contributed by atoms with Gasteiger partial charge >= 0.3 is 5.97 Å². The standard InChI is InChI=1S/C10H9ClNO3.C3H8.2C2H6.Fm/c11-8-3-1-2-7(4-8)5-9(10(14)15)12-6-13;1-3-2;2*1-2;/h1-4,9H,5H2,(H,12,13)(H,14,15);3H2,1-2H3;2*1-2H3;/q-1;;;;. The normalized spacial score (nSPS) is 9.00. The molecule has 2 N–H and O–H groups in total. The second kappa shape index (κ2) is 21.7. The van der Waals surface area contributed by atoms with Crippen LogP contribution in [0.4, 0.5) is 0 Å². The molecule has 140 valence electrons. The van der Waals surface area contributed by atoms with Gasteiger partial charge in [-0.25, -0.2) is 0 Å². The first-order valence-electron chi connectivity index (χ1n) is 7.65. The maximum absolute atomic E-state index is 10.7. The van der Waals surface area contributed by atoms with Gasteiger partial charge in [0.15, 0.2) is 0 Å². The van der Waals surface area contributed by atoms with E-state index in [0.29, 0.717) is 5.02 Å². The second-order valence-electron chi connectivity index (χ2n) is 3.68. The maximum atomic E-state index is 10.7. The van der Waals surface area contributed by atoms with E-state index in [1.165, 1.54) is 12.8 Å². The Balaban J connectivity index is -0.000000197. The van der Waals surface area contributed by atoms with Crippen molar-refractivity contribution in [1.82, 2.24) is 5.32 Å². The molecule has 0 bridgehead atoms. The first-order chi connectivity index (χ1) is 10.5. The molecular formula is C17H29ClFmNO3-. The van der Waals surface area contributed by atoms with E-state index in [-0.39, 0.29) is 6.42 Å². The molecule has 1 aromatic carbocycles. The van der Waals surface area contributed by atoms with Crippen molar-refractivity contribution >= 4 is 24.0 Å². The first kappa shape index (κ1) is 28.6. The fourth-order valence-corrected chi connectivity index (χ4v) is 1.38. The third kappa shape index (κ3) is 17.4. The molecule has 0 radical (unpaired) electrons. The van der Waals surface area contributed by atoms with E-state index < -0.39 is 12.0 Å². The number of rotatable bonds is 5. The molecule has 4 nitrogen and oxygen atoms in total. The summed E-state index contributed by atoms with van der Waals surface area (Å²) in [5, 5.41) is 11.4. The van der Waals surface area contributed by atoms with Gasteiger partial charge in [0.2, 0.25) is 0 Å². The van der Waals surface area contributed by atoms with E-state index in [1.807, 2.05) is 27.7 Å². The predicted molar refractivity (Wildman–Crippen MR) is 94.1 cm³/mol. The smallest absolute Gasteiger partial charge is 0.323 e. The number of carbonyl (C=O) groups excluding carboxylic acids is 1. The van der Waals surface area contributed by atoms with Crippen LogP contribution in [0.2, 0.25) is 5.02 Å². The molecule has 0 aliphatic heterocycles. The molecule has 23 heavy (non-hydrogen) atoms. The van der Waals surface area contributed by atoms with Crippen LogP contribution in [0.25, 0.3) is 0 Å². The molecular weight excluding hydrogens is 559 g/mol.